The third-order valence-corrected chi connectivity index (χ3v) is 2.95. The third-order valence-electron chi connectivity index (χ3n) is 2.46. The number of H-pyrrole nitrogens is 1. The van der Waals surface area contributed by atoms with Crippen molar-refractivity contribution in [1.82, 2.24) is 9.55 Å². The Morgan fingerprint density at radius 1 is 1.40 bits per heavy atom. The van der Waals surface area contributed by atoms with Crippen LogP contribution in [0.4, 0.5) is 11.4 Å². The molecule has 0 spiro atoms. The molecule has 0 bridgehead atoms. The van der Waals surface area contributed by atoms with Crippen molar-refractivity contribution in [1.29, 1.82) is 0 Å². The fraction of sp³-hybridized carbons (Fsp3) is 0.0833. The number of aromatic nitrogens is 2. The minimum atomic E-state index is -0.686. The maximum Gasteiger partial charge on any atom is 0.328 e. The molecule has 20 heavy (non-hydrogen) atoms. The normalized spacial score (nSPS) is 10.2. The predicted molar refractivity (Wildman–Crippen MR) is 78.5 cm³/mol. The van der Waals surface area contributed by atoms with Gasteiger partial charge in [-0.05, 0) is 18.2 Å². The number of hydrogen-bond acceptors (Lipinski definition) is 4. The molecule has 104 valence electrons. The van der Waals surface area contributed by atoms with Gasteiger partial charge in [-0.25, -0.2) is 4.79 Å². The van der Waals surface area contributed by atoms with Crippen molar-refractivity contribution < 1.29 is 4.79 Å². The molecule has 0 aliphatic rings. The standard InChI is InChI=1S/C12H11BrN4O3/c13-7-2-1-3-8(4-7)15-10(18)6-17-5-9(14)11(19)16-12(17)20/h1-5H,6,14H2,(H,15,18)(H,16,19,20). The van der Waals surface area contributed by atoms with Gasteiger partial charge in [-0.1, -0.05) is 22.0 Å². The first kappa shape index (κ1) is 14.1. The average molecular weight is 339 g/mol. The summed E-state index contributed by atoms with van der Waals surface area (Å²) < 4.78 is 1.85. The van der Waals surface area contributed by atoms with Crippen molar-refractivity contribution in [3.63, 3.8) is 0 Å². The highest BCUT2D eigenvalue weighted by atomic mass is 79.9. The minimum absolute atomic E-state index is 0.125. The number of amides is 1. The quantitative estimate of drug-likeness (QED) is 0.757. The molecule has 1 heterocycles. The van der Waals surface area contributed by atoms with Crippen LogP contribution in [0.3, 0.4) is 0 Å². The Kier molecular flexibility index (Phi) is 4.04. The zero-order valence-electron chi connectivity index (χ0n) is 10.2. The third kappa shape index (κ3) is 3.35. The lowest BCUT2D eigenvalue weighted by Crippen LogP contribution is -2.34. The lowest BCUT2D eigenvalue weighted by Gasteiger charge is -2.07. The highest BCUT2D eigenvalue weighted by Gasteiger charge is 2.07. The van der Waals surface area contributed by atoms with Crippen LogP contribution in [-0.2, 0) is 11.3 Å². The van der Waals surface area contributed by atoms with Gasteiger partial charge >= 0.3 is 5.69 Å². The molecule has 1 amide bonds. The molecular weight excluding hydrogens is 328 g/mol. The largest absolute Gasteiger partial charge is 0.393 e. The van der Waals surface area contributed by atoms with E-state index in [1.165, 1.54) is 0 Å². The minimum Gasteiger partial charge on any atom is -0.393 e. The summed E-state index contributed by atoms with van der Waals surface area (Å²) in [5, 5.41) is 2.63. The summed E-state index contributed by atoms with van der Waals surface area (Å²) in [5.41, 5.74) is 4.51. The van der Waals surface area contributed by atoms with Crippen molar-refractivity contribution in [2.75, 3.05) is 11.1 Å². The number of carbonyl (C=O) groups is 1. The molecule has 0 unspecified atom stereocenters. The van der Waals surface area contributed by atoms with Gasteiger partial charge in [0.2, 0.25) is 5.91 Å². The second kappa shape index (κ2) is 5.74. The molecule has 0 aliphatic carbocycles. The van der Waals surface area contributed by atoms with E-state index in [4.69, 9.17) is 5.73 Å². The number of benzene rings is 1. The maximum absolute atomic E-state index is 11.8. The van der Waals surface area contributed by atoms with Crippen LogP contribution in [0, 0.1) is 0 Å². The second-order valence-electron chi connectivity index (χ2n) is 4.03. The van der Waals surface area contributed by atoms with E-state index in [1.54, 1.807) is 18.2 Å². The summed E-state index contributed by atoms with van der Waals surface area (Å²) in [6.07, 6.45) is 1.14. The van der Waals surface area contributed by atoms with Gasteiger partial charge < -0.3 is 11.1 Å². The van der Waals surface area contributed by atoms with Crippen molar-refractivity contribution >= 4 is 33.2 Å². The monoisotopic (exact) mass is 338 g/mol. The number of halogens is 1. The van der Waals surface area contributed by atoms with Crippen LogP contribution < -0.4 is 22.3 Å². The summed E-state index contributed by atoms with van der Waals surface area (Å²) in [6, 6.07) is 7.03. The van der Waals surface area contributed by atoms with E-state index >= 15 is 0 Å². The number of carbonyl (C=O) groups excluding carboxylic acids is 1. The summed E-state index contributed by atoms with van der Waals surface area (Å²) in [5.74, 6) is -0.406. The molecule has 0 saturated heterocycles. The Hall–Kier alpha value is -2.35. The number of nitrogens with zero attached hydrogens (tertiary/aromatic N) is 1. The second-order valence-corrected chi connectivity index (χ2v) is 4.95. The summed E-state index contributed by atoms with van der Waals surface area (Å²) >= 11 is 3.29. The Labute approximate surface area is 121 Å². The number of nitrogens with two attached hydrogens (primary N) is 1. The zero-order valence-corrected chi connectivity index (χ0v) is 11.8. The van der Waals surface area contributed by atoms with Crippen LogP contribution in [0.1, 0.15) is 0 Å². The van der Waals surface area contributed by atoms with Gasteiger partial charge in [0.15, 0.2) is 0 Å². The Balaban J connectivity index is 2.15. The summed E-state index contributed by atoms with van der Waals surface area (Å²) in [4.78, 5) is 36.5. The summed E-state index contributed by atoms with van der Waals surface area (Å²) in [6.45, 7) is -0.244. The fourth-order valence-electron chi connectivity index (χ4n) is 1.57. The van der Waals surface area contributed by atoms with Gasteiger partial charge in [0.05, 0.1) is 0 Å². The molecule has 1 aromatic heterocycles. The smallest absolute Gasteiger partial charge is 0.328 e. The Morgan fingerprint density at radius 2 is 2.15 bits per heavy atom. The van der Waals surface area contributed by atoms with E-state index in [2.05, 4.69) is 21.2 Å². The predicted octanol–water partition coefficient (Wildman–Crippen LogP) is 0.520. The number of rotatable bonds is 3. The SMILES string of the molecule is Nc1cn(CC(=O)Nc2cccc(Br)c2)c(=O)[nH]c1=O. The molecule has 8 heteroatoms. The van der Waals surface area contributed by atoms with E-state index in [-0.39, 0.29) is 12.2 Å². The van der Waals surface area contributed by atoms with Gasteiger partial charge in [0.25, 0.3) is 5.56 Å². The molecule has 0 atom stereocenters. The van der Waals surface area contributed by atoms with E-state index in [0.29, 0.717) is 5.69 Å². The first-order valence-corrected chi connectivity index (χ1v) is 6.39. The van der Waals surface area contributed by atoms with Gasteiger partial charge in [-0.3, -0.25) is 19.1 Å². The molecule has 2 aromatic rings. The van der Waals surface area contributed by atoms with Crippen LogP contribution in [0.25, 0.3) is 0 Å². The molecule has 0 saturated carbocycles. The van der Waals surface area contributed by atoms with Crippen molar-refractivity contribution in [2.45, 2.75) is 6.54 Å². The van der Waals surface area contributed by atoms with Gasteiger partial charge in [-0.15, -0.1) is 0 Å². The topological polar surface area (TPSA) is 110 Å². The highest BCUT2D eigenvalue weighted by molar-refractivity contribution is 9.10. The molecule has 7 nitrogen and oxygen atoms in total. The first-order chi connectivity index (χ1) is 9.45. The van der Waals surface area contributed by atoms with E-state index in [1.807, 2.05) is 11.1 Å². The van der Waals surface area contributed by atoms with Gasteiger partial charge in [0.1, 0.15) is 12.2 Å². The Bertz CT molecular complexity index is 766. The van der Waals surface area contributed by atoms with Crippen molar-refractivity contribution in [3.8, 4) is 0 Å². The average Bonchev–Trinajstić information content (AvgIpc) is 2.36. The van der Waals surface area contributed by atoms with Crippen LogP contribution in [-0.4, -0.2) is 15.5 Å². The number of hydrogen-bond donors (Lipinski definition) is 3. The number of anilines is 2. The van der Waals surface area contributed by atoms with Crippen LogP contribution >= 0.6 is 15.9 Å². The van der Waals surface area contributed by atoms with Gasteiger partial charge in [-0.2, -0.15) is 0 Å². The van der Waals surface area contributed by atoms with E-state index in [9.17, 15) is 14.4 Å². The molecule has 0 aliphatic heterocycles. The summed E-state index contributed by atoms with van der Waals surface area (Å²) in [7, 11) is 0. The molecule has 0 fully saturated rings. The molecule has 0 radical (unpaired) electrons. The van der Waals surface area contributed by atoms with Crippen molar-refractivity contribution in [2.24, 2.45) is 0 Å². The molecule has 1 aromatic carbocycles. The first-order valence-electron chi connectivity index (χ1n) is 5.60. The van der Waals surface area contributed by atoms with Crippen LogP contribution in [0.2, 0.25) is 0 Å². The van der Waals surface area contributed by atoms with E-state index in [0.717, 1.165) is 15.2 Å². The zero-order chi connectivity index (χ0) is 14.7. The van der Waals surface area contributed by atoms with Crippen LogP contribution in [0.15, 0.2) is 44.5 Å². The molecule has 2 rings (SSSR count). The number of nitrogens with one attached hydrogen (secondary N) is 2. The number of nitrogen functional groups attached to an aromatic ring is 1. The maximum atomic E-state index is 11.8. The lowest BCUT2D eigenvalue weighted by molar-refractivity contribution is -0.116. The van der Waals surface area contributed by atoms with Crippen molar-refractivity contribution in [3.05, 3.63) is 55.8 Å². The fourth-order valence-corrected chi connectivity index (χ4v) is 1.96. The molecule has 4 N–H and O–H groups in total. The van der Waals surface area contributed by atoms with E-state index < -0.39 is 17.2 Å². The lowest BCUT2D eigenvalue weighted by atomic mass is 10.3. The Morgan fingerprint density at radius 3 is 2.85 bits per heavy atom. The number of aromatic amines is 1. The molecular formula is C12H11BrN4O3. The van der Waals surface area contributed by atoms with Crippen LogP contribution in [0.5, 0.6) is 0 Å². The van der Waals surface area contributed by atoms with Gasteiger partial charge in [0, 0.05) is 16.4 Å². The highest BCUT2D eigenvalue weighted by Crippen LogP contribution is 2.15.